The molecule has 1 aromatic heterocycles. The number of aromatic nitrogens is 1. The third kappa shape index (κ3) is 23.2. The number of benzene rings is 3. The lowest BCUT2D eigenvalue weighted by Crippen LogP contribution is -2.23. The highest BCUT2D eigenvalue weighted by Gasteiger charge is 2.31. The lowest BCUT2D eigenvalue weighted by Gasteiger charge is -2.20. The minimum atomic E-state index is -1.08. The number of esters is 1. The summed E-state index contributed by atoms with van der Waals surface area (Å²) in [7, 11) is 0. The molecule has 0 saturated carbocycles. The number of nitrogens with zero attached hydrogens (tertiary/aromatic N) is 5. The van der Waals surface area contributed by atoms with E-state index in [9.17, 15) is 33.8 Å². The van der Waals surface area contributed by atoms with Crippen molar-refractivity contribution in [2.24, 2.45) is 0 Å². The number of anilines is 1. The van der Waals surface area contributed by atoms with Gasteiger partial charge in [-0.2, -0.15) is 5.26 Å². The molecule has 4 rings (SSSR count). The molecule has 0 bridgehead atoms. The number of carboxylic acids is 2. The highest BCUT2D eigenvalue weighted by atomic mass is 19.1. The second kappa shape index (κ2) is 33.1. The number of carbonyl (C=O) groups is 4. The van der Waals surface area contributed by atoms with E-state index in [-0.39, 0.29) is 83.8 Å². The van der Waals surface area contributed by atoms with Crippen LogP contribution in [0.4, 0.5) is 10.1 Å². The van der Waals surface area contributed by atoms with E-state index in [2.05, 4.69) is 19.9 Å². The van der Waals surface area contributed by atoms with Crippen molar-refractivity contribution in [1.82, 2.24) is 4.57 Å². The molecule has 1 unspecified atom stereocenters. The molecule has 0 fully saturated rings. The molecule has 18 nitrogen and oxygen atoms in total. The van der Waals surface area contributed by atoms with E-state index in [0.29, 0.717) is 23.4 Å². The number of carbonyl (C=O) groups excluding carboxylic acids is 2. The number of hydrogen-bond acceptors (Lipinski definition) is 11. The number of carboxylic acid groups (broad SMARTS) is 2. The smallest absolute Gasteiger partial charge is 0.308 e. The van der Waals surface area contributed by atoms with Gasteiger partial charge in [-0.1, -0.05) is 62.4 Å². The summed E-state index contributed by atoms with van der Waals surface area (Å²) in [6, 6.07) is 26.7. The molecule has 0 aliphatic rings. The summed E-state index contributed by atoms with van der Waals surface area (Å²) in [4.78, 5) is 54.1. The van der Waals surface area contributed by atoms with Gasteiger partial charge in [0.25, 0.3) is 5.91 Å². The Balaban J connectivity index is 0.00000143. The van der Waals surface area contributed by atoms with Gasteiger partial charge < -0.3 is 64.9 Å². The maximum absolute atomic E-state index is 14.1. The average Bonchev–Trinajstić information content (AvgIpc) is 3.63. The molecule has 1 heterocycles. The fourth-order valence-corrected chi connectivity index (χ4v) is 6.43. The Hall–Kier alpha value is -7.49. The van der Waals surface area contributed by atoms with Crippen LogP contribution in [0, 0.1) is 36.9 Å². The third-order valence-corrected chi connectivity index (χ3v) is 9.28. The maximum Gasteiger partial charge on any atom is 0.308 e. The van der Waals surface area contributed by atoms with Gasteiger partial charge in [0.1, 0.15) is 24.1 Å². The number of ether oxygens (including phenoxy) is 1. The van der Waals surface area contributed by atoms with E-state index in [1.54, 1.807) is 25.1 Å². The number of hydrogen-bond donors (Lipinski definition) is 8. The monoisotopic (exact) mass is 956 g/mol. The van der Waals surface area contributed by atoms with Crippen LogP contribution in [-0.4, -0.2) is 121 Å². The van der Waals surface area contributed by atoms with Crippen LogP contribution in [-0.2, 0) is 25.7 Å². The van der Waals surface area contributed by atoms with Crippen molar-refractivity contribution >= 4 is 29.5 Å². The van der Waals surface area contributed by atoms with Gasteiger partial charge in [-0.25, -0.2) is 24.1 Å². The summed E-state index contributed by atoms with van der Waals surface area (Å²) in [5.41, 5.74) is 4.91. The quantitative estimate of drug-likeness (QED) is 0.0319. The fourth-order valence-electron chi connectivity index (χ4n) is 6.43. The van der Waals surface area contributed by atoms with Crippen molar-refractivity contribution in [3.8, 4) is 28.5 Å². The van der Waals surface area contributed by atoms with Crippen LogP contribution in [0.25, 0.3) is 36.9 Å². The van der Waals surface area contributed by atoms with E-state index in [1.165, 1.54) is 12.1 Å². The van der Waals surface area contributed by atoms with Crippen molar-refractivity contribution in [3.05, 3.63) is 136 Å². The highest BCUT2D eigenvalue weighted by Crippen LogP contribution is 2.42. The fraction of sp³-hybridized carbons (Fsp3) is 0.400. The Morgan fingerprint density at radius 3 is 1.71 bits per heavy atom. The Kier molecular flexibility index (Phi) is 28.5. The lowest BCUT2D eigenvalue weighted by atomic mass is 9.94. The van der Waals surface area contributed by atoms with Crippen molar-refractivity contribution in [2.75, 3.05) is 31.6 Å². The second-order valence-electron chi connectivity index (χ2n) is 15.4. The first kappa shape index (κ1) is 59.5. The van der Waals surface area contributed by atoms with Gasteiger partial charge in [-0.3, -0.25) is 19.2 Å². The summed E-state index contributed by atoms with van der Waals surface area (Å²) < 4.78 is 21.0. The number of aliphatic hydroxyl groups excluding tert-OH is 5. The number of aliphatic hydroxyl groups is 5. The Labute approximate surface area is 402 Å². The molecule has 4 aromatic rings. The van der Waals surface area contributed by atoms with Crippen LogP contribution in [0.1, 0.15) is 82.7 Å². The van der Waals surface area contributed by atoms with E-state index >= 15 is 0 Å². The first-order valence-electron chi connectivity index (χ1n) is 21.6. The normalized spacial score (nSPS) is 12.3. The predicted octanol–water partition coefficient (Wildman–Crippen LogP) is 6.70. The molecule has 19 heteroatoms. The molecular weight excluding hydrogens is 896 g/mol. The van der Waals surface area contributed by atoms with Crippen LogP contribution in [0.2, 0.25) is 0 Å². The average molecular weight is 957 g/mol. The molecule has 0 aliphatic heterocycles. The van der Waals surface area contributed by atoms with Crippen molar-refractivity contribution in [1.29, 1.82) is 5.26 Å². The maximum atomic E-state index is 14.1. The van der Waals surface area contributed by atoms with Gasteiger partial charge in [0.2, 0.25) is 19.6 Å². The van der Waals surface area contributed by atoms with Crippen LogP contribution < -0.4 is 5.32 Å². The van der Waals surface area contributed by atoms with Gasteiger partial charge in [-0.05, 0) is 73.2 Å². The molecule has 0 radical (unpaired) electrons. The van der Waals surface area contributed by atoms with Crippen LogP contribution >= 0.6 is 0 Å². The SMILES string of the molecule is CCOC(=O)C[C@H](O)C[C@H](O)CCn1c(-c2ccc(F)cc2)c(-c2ccccc2)c(C(=O)Nc2ccccc2)c1C(C)C.[C-]#[N+]CC(O)CC#N.[C-]#[N+]C[C@@H](O)CC(=O)O.[C-]#[N+]C[C@H](O)CC(=O)O.[HH]. The van der Waals surface area contributed by atoms with Crippen molar-refractivity contribution in [3.63, 3.8) is 0 Å². The standard InChI is InChI=1S/C35H39FN2O5.C5H6N2O.2C5H7NO3.H2/c1-4-43-30(41)22-29(40)21-28(39)19-20-38-33(23(2)3)32(35(42)37-27-13-9-6-10-14-27)31(24-11-7-5-8-12-24)34(38)25-15-17-26(36)18-16-25;1-7-4-5(8)2-3-6;2*1-6-3-4(7)2-5(8)9;/h5-18,23,28-29,39-40H,4,19-22H2,1-3H3,(H,37,42);5,8H,2,4H2;2*4,7H,2-3H2,(H,8,9);1H/t28-,29-;;2*4-;/m1.10./s1. The number of nitriles is 1. The number of amides is 1. The van der Waals surface area contributed by atoms with Gasteiger partial charge in [0.15, 0.2) is 0 Å². The zero-order valence-corrected chi connectivity index (χ0v) is 38.6. The minimum Gasteiger partial charge on any atom is -0.481 e. The lowest BCUT2D eigenvalue weighted by molar-refractivity contribution is -0.146. The van der Waals surface area contributed by atoms with Crippen LogP contribution in [0.15, 0.2) is 84.9 Å². The summed E-state index contributed by atoms with van der Waals surface area (Å²) in [6.45, 7) is 24.8. The third-order valence-electron chi connectivity index (χ3n) is 9.28. The minimum absolute atomic E-state index is 0. The largest absolute Gasteiger partial charge is 0.481 e. The zero-order chi connectivity index (χ0) is 51.9. The Morgan fingerprint density at radius 1 is 0.739 bits per heavy atom. The molecule has 370 valence electrons. The molecule has 5 atom stereocenters. The molecular formula is C50H61FN6O12. The molecule has 1 amide bonds. The summed E-state index contributed by atoms with van der Waals surface area (Å²) >= 11 is 0. The van der Waals surface area contributed by atoms with Gasteiger partial charge in [0, 0.05) is 24.9 Å². The van der Waals surface area contributed by atoms with Crippen molar-refractivity contribution in [2.45, 2.75) is 102 Å². The molecule has 3 aromatic carbocycles. The number of aliphatic carboxylic acids is 2. The molecule has 0 saturated heterocycles. The predicted molar refractivity (Wildman–Crippen MR) is 256 cm³/mol. The van der Waals surface area contributed by atoms with Crippen LogP contribution in [0.3, 0.4) is 0 Å². The number of halogens is 1. The zero-order valence-electron chi connectivity index (χ0n) is 38.6. The van der Waals surface area contributed by atoms with Gasteiger partial charge in [0.05, 0.1) is 61.8 Å². The Morgan fingerprint density at radius 2 is 1.25 bits per heavy atom. The molecule has 0 aliphatic carbocycles. The number of para-hydroxylation sites is 1. The second-order valence-corrected chi connectivity index (χ2v) is 15.4. The Bertz CT molecular complexity index is 2330. The first-order valence-corrected chi connectivity index (χ1v) is 21.6. The summed E-state index contributed by atoms with van der Waals surface area (Å²) in [6.07, 6.45) is -5.34. The summed E-state index contributed by atoms with van der Waals surface area (Å²) in [5.74, 6) is -3.42. The number of rotatable bonds is 21. The summed E-state index contributed by atoms with van der Waals surface area (Å²) in [5, 5.41) is 74.2. The van der Waals surface area contributed by atoms with Gasteiger partial charge >= 0.3 is 17.9 Å². The van der Waals surface area contributed by atoms with E-state index in [4.69, 9.17) is 55.2 Å². The van der Waals surface area contributed by atoms with Crippen molar-refractivity contribution < 1.29 is 65.5 Å². The number of nitrogens with one attached hydrogen (secondary N) is 1. The first-order chi connectivity index (χ1) is 32.8. The van der Waals surface area contributed by atoms with E-state index in [1.807, 2.05) is 79.1 Å². The molecule has 0 spiro atoms. The molecule has 8 N–H and O–H groups in total. The van der Waals surface area contributed by atoms with Crippen LogP contribution in [0.5, 0.6) is 0 Å². The highest BCUT2D eigenvalue weighted by molar-refractivity contribution is 6.12. The van der Waals surface area contributed by atoms with Gasteiger partial charge in [-0.15, -0.1) is 0 Å². The van der Waals surface area contributed by atoms with E-state index < -0.39 is 48.4 Å². The molecule has 69 heavy (non-hydrogen) atoms. The topological polar surface area (TPSA) is 273 Å². The van der Waals surface area contributed by atoms with E-state index in [0.717, 1.165) is 22.5 Å².